The molecule has 7 N–H and O–H groups in total. The third-order valence-corrected chi connectivity index (χ3v) is 8.17. The van der Waals surface area contributed by atoms with Gasteiger partial charge < -0.3 is 40.3 Å². The van der Waals surface area contributed by atoms with Crippen LogP contribution in [0.1, 0.15) is 0 Å². The van der Waals surface area contributed by atoms with E-state index >= 15 is 0 Å². The topological polar surface area (TPSA) is 159 Å². The number of aliphatic hydroxyl groups excluding tert-OH is 2. The Morgan fingerprint density at radius 3 is 1.67 bits per heavy atom. The lowest BCUT2D eigenvalue weighted by Crippen LogP contribution is -2.75. The van der Waals surface area contributed by atoms with Gasteiger partial charge in [-0.15, -0.1) is 0 Å². The summed E-state index contributed by atoms with van der Waals surface area (Å²) in [6, 6.07) is 0. The van der Waals surface area contributed by atoms with Gasteiger partial charge in [0, 0.05) is 0 Å². The molecule has 0 spiro atoms. The molecule has 2 aliphatic heterocycles. The maximum Gasteiger partial charge on any atom is 0.233 e. The first kappa shape index (κ1) is 10.1. The van der Waals surface area contributed by atoms with Crippen molar-refractivity contribution in [1.82, 2.24) is 0 Å². The van der Waals surface area contributed by atoms with Gasteiger partial charge in [-0.1, -0.05) is 0 Å². The third-order valence-electron chi connectivity index (χ3n) is 3.93. The number of hydrogen-bond acceptors (Lipinski definition) is 8. The van der Waals surface area contributed by atoms with Crippen LogP contribution in [0.3, 0.4) is 0 Å². The van der Waals surface area contributed by atoms with Crippen molar-refractivity contribution >= 4 is 7.14 Å². The molecule has 15 heavy (non-hydrogen) atoms. The Bertz CT molecular complexity index is 435. The smallest absolute Gasteiger partial charge is 0.233 e. The van der Waals surface area contributed by atoms with Crippen LogP contribution in [0, 0.1) is 0 Å². The summed E-state index contributed by atoms with van der Waals surface area (Å²) in [5.41, 5.74) is 0. The van der Waals surface area contributed by atoms with Gasteiger partial charge >= 0.3 is 0 Å². The first-order chi connectivity index (χ1) is 6.57. The predicted molar refractivity (Wildman–Crippen MR) is 41.6 cm³/mol. The largest absolute Gasteiger partial charge is 0.387 e. The molecule has 3 rings (SSSR count). The fourth-order valence-corrected chi connectivity index (χ4v) is 7.31. The summed E-state index contributed by atoms with van der Waals surface area (Å²) >= 11 is 0. The van der Waals surface area contributed by atoms with Crippen LogP contribution >= 0.6 is 7.14 Å². The van der Waals surface area contributed by atoms with Gasteiger partial charge in [0.15, 0.2) is 12.5 Å². The molecule has 1 saturated carbocycles. The van der Waals surface area contributed by atoms with E-state index in [1.807, 2.05) is 0 Å². The van der Waals surface area contributed by atoms with Crippen LogP contribution in [0.2, 0.25) is 0 Å². The van der Waals surface area contributed by atoms with Crippen LogP contribution in [0.4, 0.5) is 0 Å². The van der Waals surface area contributed by atoms with E-state index in [2.05, 4.69) is 0 Å². The van der Waals surface area contributed by atoms with Gasteiger partial charge in [-0.2, -0.15) is 0 Å². The van der Waals surface area contributed by atoms with E-state index in [1.54, 1.807) is 0 Å². The second-order valence-corrected chi connectivity index (χ2v) is 7.49. The normalized spacial score (nSPS) is 73.5. The maximum atomic E-state index is 11.7. The monoisotopic (exact) mass is 240 g/mol. The highest BCUT2D eigenvalue weighted by Crippen LogP contribution is 3.15. The highest BCUT2D eigenvalue weighted by Gasteiger charge is 3.23. The molecule has 9 heteroatoms. The molecule has 3 fully saturated rings. The average Bonchev–Trinajstić information content (AvgIpc) is 2.78. The Labute approximate surface area is 82.4 Å². The van der Waals surface area contributed by atoms with Crippen molar-refractivity contribution in [2.24, 2.45) is 0 Å². The van der Waals surface area contributed by atoms with Crippen LogP contribution < -0.4 is 0 Å². The Kier molecular flexibility index (Phi) is 1.22. The molecule has 0 bridgehead atoms. The molecule has 0 amide bonds. The van der Waals surface area contributed by atoms with E-state index in [4.69, 9.17) is 0 Å². The van der Waals surface area contributed by atoms with Gasteiger partial charge in [-0.05, 0) is 0 Å². The minimum Gasteiger partial charge on any atom is -0.387 e. The summed E-state index contributed by atoms with van der Waals surface area (Å²) in [6.45, 7) is 0. The van der Waals surface area contributed by atoms with Crippen molar-refractivity contribution in [1.29, 1.82) is 0 Å². The Morgan fingerprint density at radius 1 is 0.867 bits per heavy atom. The SMILES string of the molecule is O=P12[C@]3(O)[C@@]1(O)[C@@H](O)[C@@H](O)C(O)(O)[C@]32O. The van der Waals surface area contributed by atoms with Crippen molar-refractivity contribution in [2.75, 3.05) is 0 Å². The number of fused-ring (bicyclic) bond motifs is 2. The summed E-state index contributed by atoms with van der Waals surface area (Å²) in [4.78, 5) is 0. The van der Waals surface area contributed by atoms with Crippen LogP contribution in [0.5, 0.6) is 0 Å². The van der Waals surface area contributed by atoms with E-state index < -0.39 is 41.2 Å². The van der Waals surface area contributed by atoms with Gasteiger partial charge in [0.25, 0.3) is 0 Å². The molecule has 8 nitrogen and oxygen atoms in total. The van der Waals surface area contributed by atoms with Crippen molar-refractivity contribution in [3.05, 3.63) is 0 Å². The molecule has 86 valence electrons. The lowest BCUT2D eigenvalue weighted by Gasteiger charge is -2.48. The molecule has 0 aromatic rings. The van der Waals surface area contributed by atoms with Crippen molar-refractivity contribution < 1.29 is 40.3 Å². The first-order valence-corrected chi connectivity index (χ1v) is 5.86. The van der Waals surface area contributed by atoms with Crippen LogP contribution in [-0.2, 0) is 4.57 Å². The molecule has 0 radical (unpaired) electrons. The zero-order valence-electron chi connectivity index (χ0n) is 7.14. The van der Waals surface area contributed by atoms with Crippen LogP contribution in [0.15, 0.2) is 0 Å². The lowest BCUT2D eigenvalue weighted by atomic mass is 9.81. The standard InChI is InChI=1S/C6H9O8P/c7-1-2(8)4(11)6(13)5(12,3(1,9)10)15(4,6)14/h1-2,7-13H/t1-,2+,4-,5-,6-,15?/m1/s1. The highest BCUT2D eigenvalue weighted by atomic mass is 31.2. The zero-order valence-corrected chi connectivity index (χ0v) is 8.04. The van der Waals surface area contributed by atoms with Gasteiger partial charge in [-0.25, -0.2) is 0 Å². The Morgan fingerprint density at radius 2 is 1.27 bits per heavy atom. The van der Waals surface area contributed by atoms with Gasteiger partial charge in [-0.3, -0.25) is 0 Å². The molecule has 1 unspecified atom stereocenters. The summed E-state index contributed by atoms with van der Waals surface area (Å²) < 4.78 is 11.7. The van der Waals surface area contributed by atoms with Gasteiger partial charge in [0.2, 0.25) is 16.5 Å². The number of aliphatic hydroxyl groups is 7. The van der Waals surface area contributed by atoms with E-state index in [1.165, 1.54) is 0 Å². The number of rotatable bonds is 0. The van der Waals surface area contributed by atoms with E-state index in [9.17, 15) is 40.3 Å². The fraction of sp³-hybridized carbons (Fsp3) is 1.00. The van der Waals surface area contributed by atoms with Crippen LogP contribution in [-0.4, -0.2) is 69.8 Å². The average molecular weight is 240 g/mol. The molecule has 0 aromatic carbocycles. The molecule has 2 saturated heterocycles. The van der Waals surface area contributed by atoms with E-state index in [0.29, 0.717) is 0 Å². The molecule has 1 aliphatic carbocycles. The van der Waals surface area contributed by atoms with Gasteiger partial charge in [0.05, 0.1) is 0 Å². The Hall–Kier alpha value is -0.0500. The summed E-state index contributed by atoms with van der Waals surface area (Å²) in [5.74, 6) is -3.30. The molecule has 0 aromatic heterocycles. The third kappa shape index (κ3) is 0.458. The lowest BCUT2D eigenvalue weighted by molar-refractivity contribution is -0.357. The van der Waals surface area contributed by atoms with Gasteiger partial charge in [0.1, 0.15) is 12.2 Å². The quantitative estimate of drug-likeness (QED) is 0.166. The van der Waals surface area contributed by atoms with Crippen LogP contribution in [0.25, 0.3) is 0 Å². The predicted octanol–water partition coefficient (Wildman–Crippen LogP) is -4.14. The second-order valence-electron chi connectivity index (χ2n) is 4.30. The summed E-state index contributed by atoms with van der Waals surface area (Å²) in [5, 5.41) is 57.7. The van der Waals surface area contributed by atoms with E-state index in [0.717, 1.165) is 0 Å². The number of hydrogen-bond donors (Lipinski definition) is 7. The zero-order chi connectivity index (χ0) is 11.7. The first-order valence-electron chi connectivity index (χ1n) is 4.15. The molecule has 3 aliphatic rings. The molecular weight excluding hydrogens is 231 g/mol. The molecule has 6 atom stereocenters. The molecular formula is C6H9O8P. The maximum absolute atomic E-state index is 11.7. The Balaban J connectivity index is 2.23. The van der Waals surface area contributed by atoms with Crippen molar-refractivity contribution in [3.63, 3.8) is 0 Å². The fourth-order valence-electron chi connectivity index (χ4n) is 2.89. The minimum absolute atomic E-state index is 2.18. The molecule has 2 heterocycles. The van der Waals surface area contributed by atoms with Crippen molar-refractivity contribution in [2.45, 2.75) is 34.0 Å². The van der Waals surface area contributed by atoms with Crippen molar-refractivity contribution in [3.8, 4) is 0 Å². The summed E-state index contributed by atoms with van der Waals surface area (Å²) in [7, 11) is -4.13. The highest BCUT2D eigenvalue weighted by molar-refractivity contribution is 7.85. The summed E-state index contributed by atoms with van der Waals surface area (Å²) in [6.07, 6.45) is -4.49. The van der Waals surface area contributed by atoms with E-state index in [-0.39, 0.29) is 0 Å². The second kappa shape index (κ2) is 1.81. The minimum atomic E-state index is -4.13.